The minimum absolute atomic E-state index is 0.112. The van der Waals surface area contributed by atoms with Gasteiger partial charge in [-0.1, -0.05) is 46.6 Å². The summed E-state index contributed by atoms with van der Waals surface area (Å²) in [5.74, 6) is 0.334. The fourth-order valence-corrected chi connectivity index (χ4v) is 4.32. The van der Waals surface area contributed by atoms with Crippen molar-refractivity contribution in [3.8, 4) is 5.75 Å². The van der Waals surface area contributed by atoms with Crippen LogP contribution in [0.25, 0.3) is 0 Å². The molecule has 0 aliphatic heterocycles. The van der Waals surface area contributed by atoms with E-state index >= 15 is 0 Å². The number of hydrogen-bond donors (Lipinski definition) is 1. The number of benzene rings is 2. The lowest BCUT2D eigenvalue weighted by Gasteiger charge is -2.16. The molecule has 0 radical (unpaired) electrons. The number of rotatable bonds is 8. The van der Waals surface area contributed by atoms with Crippen LogP contribution in [0.15, 0.2) is 41.6 Å². The van der Waals surface area contributed by atoms with Crippen molar-refractivity contribution >= 4 is 58.2 Å². The van der Waals surface area contributed by atoms with Gasteiger partial charge in [-0.15, -0.1) is 10.2 Å². The van der Waals surface area contributed by atoms with E-state index in [1.807, 2.05) is 11.5 Å². The highest BCUT2D eigenvalue weighted by atomic mass is 35.5. The van der Waals surface area contributed by atoms with E-state index in [0.717, 1.165) is 0 Å². The number of nitrogens with one attached hydrogen (secondary N) is 1. The molecule has 0 aliphatic rings. The molecule has 0 saturated carbocycles. The molecule has 0 spiro atoms. The molecule has 1 N–H and O–H groups in total. The maximum absolute atomic E-state index is 13.2. The smallest absolute Gasteiger partial charge is 0.234 e. The van der Waals surface area contributed by atoms with Gasteiger partial charge in [0, 0.05) is 22.3 Å². The largest absolute Gasteiger partial charge is 0.481 e. The second-order valence-corrected chi connectivity index (χ2v) is 8.64. The normalized spacial score (nSPS) is 11.9. The highest BCUT2D eigenvalue weighted by Crippen LogP contribution is 2.30. The van der Waals surface area contributed by atoms with Crippen molar-refractivity contribution in [2.45, 2.75) is 31.7 Å². The predicted molar refractivity (Wildman–Crippen MR) is 122 cm³/mol. The van der Waals surface area contributed by atoms with E-state index in [0.29, 0.717) is 39.0 Å². The fourth-order valence-electron chi connectivity index (χ4n) is 2.77. The first-order valence-corrected chi connectivity index (χ1v) is 11.3. The Balaban J connectivity index is 1.65. The van der Waals surface area contributed by atoms with Crippen LogP contribution in [-0.2, 0) is 11.3 Å². The number of hydrogen-bond acceptors (Lipinski definition) is 5. The van der Waals surface area contributed by atoms with Crippen LogP contribution in [-0.4, -0.2) is 26.4 Å². The Labute approximate surface area is 198 Å². The Hall–Kier alpha value is -2.00. The van der Waals surface area contributed by atoms with Crippen molar-refractivity contribution < 1.29 is 13.9 Å². The van der Waals surface area contributed by atoms with Gasteiger partial charge in [0.15, 0.2) is 17.1 Å². The van der Waals surface area contributed by atoms with Gasteiger partial charge < -0.3 is 14.6 Å². The van der Waals surface area contributed by atoms with Crippen LogP contribution < -0.4 is 10.1 Å². The Morgan fingerprint density at radius 1 is 1.19 bits per heavy atom. The lowest BCUT2D eigenvalue weighted by Crippen LogP contribution is -2.15. The van der Waals surface area contributed by atoms with E-state index in [1.54, 1.807) is 25.1 Å². The summed E-state index contributed by atoms with van der Waals surface area (Å²) in [4.78, 5) is 12.3. The highest BCUT2D eigenvalue weighted by molar-refractivity contribution is 7.99. The summed E-state index contributed by atoms with van der Waals surface area (Å²) in [6, 6.07) is 8.72. The summed E-state index contributed by atoms with van der Waals surface area (Å²) in [6.07, 6.45) is -0.493. The van der Waals surface area contributed by atoms with Gasteiger partial charge in [-0.2, -0.15) is 0 Å². The van der Waals surface area contributed by atoms with Crippen molar-refractivity contribution in [1.29, 1.82) is 0 Å². The molecule has 1 aromatic heterocycles. The third-order valence-corrected chi connectivity index (χ3v) is 5.80. The maximum Gasteiger partial charge on any atom is 0.234 e. The zero-order valence-corrected chi connectivity index (χ0v) is 19.6. The van der Waals surface area contributed by atoms with Crippen molar-refractivity contribution in [2.75, 3.05) is 11.1 Å². The van der Waals surface area contributed by atoms with Crippen LogP contribution in [0, 0.1) is 5.82 Å². The predicted octanol–water partition coefficient (Wildman–Crippen LogP) is 6.27. The van der Waals surface area contributed by atoms with E-state index in [2.05, 4.69) is 15.5 Å². The van der Waals surface area contributed by atoms with Crippen LogP contribution in [0.1, 0.15) is 25.8 Å². The maximum atomic E-state index is 13.2. The highest BCUT2D eigenvalue weighted by Gasteiger charge is 2.20. The lowest BCUT2D eigenvalue weighted by molar-refractivity contribution is -0.113. The minimum Gasteiger partial charge on any atom is -0.481 e. The first-order valence-electron chi connectivity index (χ1n) is 9.20. The van der Waals surface area contributed by atoms with Gasteiger partial charge in [-0.25, -0.2) is 4.39 Å². The molecule has 1 heterocycles. The Morgan fingerprint density at radius 3 is 2.55 bits per heavy atom. The monoisotopic (exact) mass is 502 g/mol. The van der Waals surface area contributed by atoms with Gasteiger partial charge in [0.05, 0.1) is 10.8 Å². The molecule has 0 aliphatic carbocycles. The molecule has 1 atom stereocenters. The van der Waals surface area contributed by atoms with Crippen LogP contribution in [0.2, 0.25) is 15.1 Å². The summed E-state index contributed by atoms with van der Waals surface area (Å²) in [7, 11) is 0. The Bertz CT molecular complexity index is 1080. The number of halogens is 4. The van der Waals surface area contributed by atoms with Crippen molar-refractivity contribution in [2.24, 2.45) is 0 Å². The Morgan fingerprint density at radius 2 is 1.90 bits per heavy atom. The quantitative estimate of drug-likeness (QED) is 0.367. The number of aromatic nitrogens is 3. The van der Waals surface area contributed by atoms with E-state index in [1.165, 1.54) is 30.0 Å². The topological polar surface area (TPSA) is 69.0 Å². The molecule has 2 aromatic carbocycles. The second-order valence-electron chi connectivity index (χ2n) is 6.41. The number of anilines is 1. The number of carbonyl (C=O) groups is 1. The zero-order valence-electron chi connectivity index (χ0n) is 16.5. The average molecular weight is 504 g/mol. The standard InChI is InChI=1S/C20H18Cl3FN4O2S/c1-3-28-19(11(2)30-17-5-4-14(24)9-16(17)23)26-27-20(28)31-10-18(29)25-15-7-12(21)6-13(22)8-15/h4-9,11H,3,10H2,1-2H3,(H,25,29). The van der Waals surface area contributed by atoms with E-state index in [-0.39, 0.29) is 16.7 Å². The summed E-state index contributed by atoms with van der Waals surface area (Å²) in [5, 5.41) is 12.7. The molecule has 3 rings (SSSR count). The number of carbonyl (C=O) groups excluding carboxylic acids is 1. The average Bonchev–Trinajstić information content (AvgIpc) is 3.10. The number of thioether (sulfide) groups is 1. The molecule has 6 nitrogen and oxygen atoms in total. The molecule has 11 heteroatoms. The molecule has 1 amide bonds. The number of amides is 1. The minimum atomic E-state index is -0.493. The zero-order chi connectivity index (χ0) is 22.5. The number of nitrogens with zero attached hydrogens (tertiary/aromatic N) is 3. The van der Waals surface area contributed by atoms with Gasteiger partial charge >= 0.3 is 0 Å². The van der Waals surface area contributed by atoms with Crippen molar-refractivity contribution in [3.05, 3.63) is 63.1 Å². The van der Waals surface area contributed by atoms with E-state index in [4.69, 9.17) is 39.5 Å². The van der Waals surface area contributed by atoms with E-state index < -0.39 is 11.9 Å². The molecule has 0 bridgehead atoms. The molecule has 0 saturated heterocycles. The summed E-state index contributed by atoms with van der Waals surface area (Å²) in [5.41, 5.74) is 0.513. The Kier molecular flexibility index (Phi) is 8.05. The van der Waals surface area contributed by atoms with Crippen LogP contribution in [0.4, 0.5) is 10.1 Å². The summed E-state index contributed by atoms with van der Waals surface area (Å²) >= 11 is 19.2. The molecule has 0 fully saturated rings. The summed E-state index contributed by atoms with van der Waals surface area (Å²) < 4.78 is 20.9. The summed E-state index contributed by atoms with van der Waals surface area (Å²) in [6.45, 7) is 4.30. The van der Waals surface area contributed by atoms with E-state index in [9.17, 15) is 9.18 Å². The molecular weight excluding hydrogens is 486 g/mol. The molecule has 3 aromatic rings. The SMILES string of the molecule is CCn1c(SCC(=O)Nc2cc(Cl)cc(Cl)c2)nnc1C(C)Oc1ccc(F)cc1Cl. The molecule has 31 heavy (non-hydrogen) atoms. The second kappa shape index (κ2) is 10.5. The molecule has 1 unspecified atom stereocenters. The van der Waals surface area contributed by atoms with Crippen molar-refractivity contribution in [3.63, 3.8) is 0 Å². The van der Waals surface area contributed by atoms with Crippen LogP contribution in [0.5, 0.6) is 5.75 Å². The third-order valence-electron chi connectivity index (χ3n) is 4.10. The van der Waals surface area contributed by atoms with Gasteiger partial charge in [0.25, 0.3) is 0 Å². The van der Waals surface area contributed by atoms with Gasteiger partial charge in [-0.3, -0.25) is 4.79 Å². The first-order chi connectivity index (χ1) is 14.8. The fraction of sp³-hybridized carbons (Fsp3) is 0.250. The van der Waals surface area contributed by atoms with Crippen LogP contribution >= 0.6 is 46.6 Å². The molecular formula is C20H18Cl3FN4O2S. The van der Waals surface area contributed by atoms with Gasteiger partial charge in [0.1, 0.15) is 11.6 Å². The third kappa shape index (κ3) is 6.26. The molecule has 164 valence electrons. The van der Waals surface area contributed by atoms with Gasteiger partial charge in [0.2, 0.25) is 5.91 Å². The first kappa shape index (κ1) is 23.7. The lowest BCUT2D eigenvalue weighted by atomic mass is 10.3. The number of ether oxygens (including phenoxy) is 1. The van der Waals surface area contributed by atoms with Gasteiger partial charge in [-0.05, 0) is 50.2 Å². The van der Waals surface area contributed by atoms with Crippen LogP contribution in [0.3, 0.4) is 0 Å². The van der Waals surface area contributed by atoms with Crippen molar-refractivity contribution in [1.82, 2.24) is 14.8 Å².